The van der Waals surface area contributed by atoms with Crippen LogP contribution in [0.15, 0.2) is 36.9 Å². The van der Waals surface area contributed by atoms with Gasteiger partial charge >= 0.3 is 6.03 Å². The van der Waals surface area contributed by atoms with Gasteiger partial charge in [-0.25, -0.2) is 19.3 Å². The lowest BCUT2D eigenvalue weighted by Crippen LogP contribution is -2.23. The number of fused-ring (bicyclic) bond motifs is 1. The SMILES string of the molecule is CC(OCCN(C)C)c1c(NC(=O)Nc2cnc(-n3nccn3)c(Cl)c2)cnc2cc(Cl)nn12. The van der Waals surface area contributed by atoms with Crippen LogP contribution in [0.25, 0.3) is 11.5 Å². The van der Waals surface area contributed by atoms with E-state index in [1.54, 1.807) is 16.6 Å². The Morgan fingerprint density at radius 3 is 2.62 bits per heavy atom. The second-order valence-electron chi connectivity index (χ2n) is 7.54. The molecule has 4 aromatic heterocycles. The van der Waals surface area contributed by atoms with E-state index in [1.807, 2.05) is 25.9 Å². The summed E-state index contributed by atoms with van der Waals surface area (Å²) in [5, 5.41) is 18.3. The highest BCUT2D eigenvalue weighted by Crippen LogP contribution is 2.27. The molecule has 4 aromatic rings. The number of nitrogens with one attached hydrogen (secondary N) is 2. The second-order valence-corrected chi connectivity index (χ2v) is 8.33. The van der Waals surface area contributed by atoms with Crippen molar-refractivity contribution in [2.75, 3.05) is 37.9 Å². The summed E-state index contributed by atoms with van der Waals surface area (Å²) in [6.45, 7) is 3.09. The lowest BCUT2D eigenvalue weighted by Gasteiger charge is -2.20. The Bertz CT molecular complexity index is 1290. The average molecular weight is 505 g/mol. The van der Waals surface area contributed by atoms with E-state index < -0.39 is 12.1 Å². The molecule has 0 aliphatic rings. The first-order valence-electron chi connectivity index (χ1n) is 10.2. The van der Waals surface area contributed by atoms with E-state index in [-0.39, 0.29) is 10.2 Å². The molecule has 14 heteroatoms. The number of likely N-dealkylation sites (N-methyl/N-ethyl adjacent to an activating group) is 1. The van der Waals surface area contributed by atoms with Crippen LogP contribution in [-0.2, 0) is 4.74 Å². The zero-order valence-corrected chi connectivity index (χ0v) is 20.1. The lowest BCUT2D eigenvalue weighted by molar-refractivity contribution is 0.0520. The van der Waals surface area contributed by atoms with Crippen molar-refractivity contribution in [3.63, 3.8) is 0 Å². The Morgan fingerprint density at radius 1 is 1.15 bits per heavy atom. The Balaban J connectivity index is 1.54. The summed E-state index contributed by atoms with van der Waals surface area (Å²) >= 11 is 12.4. The van der Waals surface area contributed by atoms with Crippen molar-refractivity contribution in [3.8, 4) is 5.82 Å². The number of carbonyl (C=O) groups excluding carboxylic acids is 1. The molecule has 178 valence electrons. The Morgan fingerprint density at radius 2 is 1.91 bits per heavy atom. The summed E-state index contributed by atoms with van der Waals surface area (Å²) in [6.07, 6.45) is 5.60. The first-order valence-corrected chi connectivity index (χ1v) is 11.0. The van der Waals surface area contributed by atoms with Gasteiger partial charge in [-0.15, -0.1) is 4.80 Å². The average Bonchev–Trinajstić information content (AvgIpc) is 3.42. The highest BCUT2D eigenvalue weighted by atomic mass is 35.5. The summed E-state index contributed by atoms with van der Waals surface area (Å²) in [7, 11) is 3.92. The van der Waals surface area contributed by atoms with Gasteiger partial charge in [0.15, 0.2) is 16.6 Å². The van der Waals surface area contributed by atoms with Crippen molar-refractivity contribution < 1.29 is 9.53 Å². The van der Waals surface area contributed by atoms with Gasteiger partial charge in [-0.3, -0.25) is 0 Å². The van der Waals surface area contributed by atoms with Crippen LogP contribution in [0.1, 0.15) is 18.7 Å². The maximum Gasteiger partial charge on any atom is 0.323 e. The van der Waals surface area contributed by atoms with E-state index >= 15 is 0 Å². The van der Waals surface area contributed by atoms with Crippen molar-refractivity contribution in [1.82, 2.24) is 39.5 Å². The van der Waals surface area contributed by atoms with Gasteiger partial charge < -0.3 is 20.3 Å². The predicted octanol–water partition coefficient (Wildman–Crippen LogP) is 3.30. The molecule has 1 atom stereocenters. The Labute approximate surface area is 204 Å². The molecule has 0 fully saturated rings. The van der Waals surface area contributed by atoms with Crippen LogP contribution in [0.5, 0.6) is 0 Å². The number of rotatable bonds is 8. The van der Waals surface area contributed by atoms with Crippen LogP contribution in [-0.4, -0.2) is 72.8 Å². The van der Waals surface area contributed by atoms with Crippen molar-refractivity contribution in [1.29, 1.82) is 0 Å². The zero-order valence-electron chi connectivity index (χ0n) is 18.6. The van der Waals surface area contributed by atoms with Crippen LogP contribution >= 0.6 is 23.2 Å². The molecule has 0 spiro atoms. The number of carbonyl (C=O) groups is 1. The monoisotopic (exact) mass is 504 g/mol. The number of hydrogen-bond donors (Lipinski definition) is 2. The molecule has 34 heavy (non-hydrogen) atoms. The number of amides is 2. The van der Waals surface area contributed by atoms with Crippen molar-refractivity contribution in [2.45, 2.75) is 13.0 Å². The van der Waals surface area contributed by atoms with Gasteiger partial charge in [-0.2, -0.15) is 15.3 Å². The van der Waals surface area contributed by atoms with Crippen LogP contribution in [0.4, 0.5) is 16.2 Å². The molecule has 1 unspecified atom stereocenters. The van der Waals surface area contributed by atoms with Crippen molar-refractivity contribution in [2.24, 2.45) is 0 Å². The molecule has 0 aliphatic heterocycles. The maximum absolute atomic E-state index is 12.8. The number of ether oxygens (including phenoxy) is 1. The number of hydrogen-bond acceptors (Lipinski definition) is 8. The minimum Gasteiger partial charge on any atom is -0.371 e. The fourth-order valence-electron chi connectivity index (χ4n) is 3.16. The summed E-state index contributed by atoms with van der Waals surface area (Å²) in [6, 6.07) is 2.66. The third-order valence-corrected chi connectivity index (χ3v) is 5.18. The molecule has 4 heterocycles. The third kappa shape index (κ3) is 5.42. The lowest BCUT2D eigenvalue weighted by atomic mass is 10.2. The first-order chi connectivity index (χ1) is 16.3. The fraction of sp³-hybridized carbons (Fsp3) is 0.300. The third-order valence-electron chi connectivity index (χ3n) is 4.72. The summed E-state index contributed by atoms with van der Waals surface area (Å²) < 4.78 is 7.53. The van der Waals surface area contributed by atoms with Crippen molar-refractivity contribution in [3.05, 3.63) is 52.8 Å². The molecule has 0 radical (unpaired) electrons. The van der Waals surface area contributed by atoms with Gasteiger partial charge in [0, 0.05) is 12.6 Å². The van der Waals surface area contributed by atoms with Crippen molar-refractivity contribution >= 4 is 46.3 Å². The molecule has 2 amide bonds. The highest BCUT2D eigenvalue weighted by Gasteiger charge is 2.20. The van der Waals surface area contributed by atoms with E-state index in [1.165, 1.54) is 29.6 Å². The zero-order chi connectivity index (χ0) is 24.2. The summed E-state index contributed by atoms with van der Waals surface area (Å²) in [4.78, 5) is 24.6. The molecule has 4 rings (SSSR count). The number of urea groups is 1. The van der Waals surface area contributed by atoms with E-state index in [9.17, 15) is 4.79 Å². The maximum atomic E-state index is 12.8. The van der Waals surface area contributed by atoms with E-state index in [0.717, 1.165) is 6.54 Å². The van der Waals surface area contributed by atoms with E-state index in [4.69, 9.17) is 27.9 Å². The molecular weight excluding hydrogens is 483 g/mol. The Kier molecular flexibility index (Phi) is 7.22. The molecule has 0 saturated carbocycles. The molecule has 0 aromatic carbocycles. The van der Waals surface area contributed by atoms with Gasteiger partial charge in [-0.1, -0.05) is 23.2 Å². The molecule has 2 N–H and O–H groups in total. The van der Waals surface area contributed by atoms with Gasteiger partial charge in [0.1, 0.15) is 0 Å². The first kappa shape index (κ1) is 23.8. The molecule has 0 bridgehead atoms. The minimum atomic E-state index is -0.524. The van der Waals surface area contributed by atoms with E-state index in [0.29, 0.717) is 35.1 Å². The topological polar surface area (TPSA) is 127 Å². The number of nitrogens with zero attached hydrogens (tertiary/aromatic N) is 8. The predicted molar refractivity (Wildman–Crippen MR) is 128 cm³/mol. The number of halogens is 2. The van der Waals surface area contributed by atoms with Gasteiger partial charge in [0.2, 0.25) is 0 Å². The summed E-state index contributed by atoms with van der Waals surface area (Å²) in [5.41, 5.74) is 1.93. The van der Waals surface area contributed by atoms with Gasteiger partial charge in [-0.05, 0) is 27.1 Å². The molecular formula is C20H22Cl2N10O2. The van der Waals surface area contributed by atoms with Crippen LogP contribution < -0.4 is 10.6 Å². The number of pyridine rings is 1. The number of aromatic nitrogens is 7. The highest BCUT2D eigenvalue weighted by molar-refractivity contribution is 6.32. The summed E-state index contributed by atoms with van der Waals surface area (Å²) in [5.74, 6) is 0.342. The van der Waals surface area contributed by atoms with E-state index in [2.05, 4.69) is 35.9 Å². The normalized spacial score (nSPS) is 12.3. The van der Waals surface area contributed by atoms with Gasteiger partial charge in [0.05, 0.1) is 59.6 Å². The molecule has 0 saturated heterocycles. The van der Waals surface area contributed by atoms with Crippen LogP contribution in [0.2, 0.25) is 10.2 Å². The smallest absolute Gasteiger partial charge is 0.323 e. The quantitative estimate of drug-likeness (QED) is 0.374. The largest absolute Gasteiger partial charge is 0.371 e. The number of anilines is 2. The minimum absolute atomic E-state index is 0.270. The molecule has 12 nitrogen and oxygen atoms in total. The second kappa shape index (κ2) is 10.3. The fourth-order valence-corrected chi connectivity index (χ4v) is 3.57. The van der Waals surface area contributed by atoms with Crippen LogP contribution in [0, 0.1) is 0 Å². The molecule has 0 aliphatic carbocycles. The van der Waals surface area contributed by atoms with Gasteiger partial charge in [0.25, 0.3) is 0 Å². The Hall–Kier alpha value is -3.32. The van der Waals surface area contributed by atoms with Crippen LogP contribution in [0.3, 0.4) is 0 Å². The standard InChI is InChI=1S/C20H22Cl2N10O2/c1-12(34-7-6-30(2)3)18-15(11-23-17-9-16(22)29-31(17)18)28-20(33)27-13-8-14(21)19(24-10-13)32-25-4-5-26-32/h4-5,8-12H,6-7H2,1-3H3,(H2,27,28,33).